The summed E-state index contributed by atoms with van der Waals surface area (Å²) in [6, 6.07) is 0. The summed E-state index contributed by atoms with van der Waals surface area (Å²) < 4.78 is 27.3. The third-order valence-corrected chi connectivity index (χ3v) is 4.10. The molecule has 0 N–H and O–H groups in total. The molecule has 0 aliphatic carbocycles. The average Bonchev–Trinajstić information content (AvgIpc) is 2.92. The fourth-order valence-electron chi connectivity index (χ4n) is 2.67. The van der Waals surface area contributed by atoms with Gasteiger partial charge in [-0.15, -0.1) is 0 Å². The van der Waals surface area contributed by atoms with E-state index in [1.807, 2.05) is 19.9 Å². The van der Waals surface area contributed by atoms with E-state index in [1.165, 1.54) is 6.08 Å². The predicted octanol–water partition coefficient (Wildman–Crippen LogP) is 3.61. The van der Waals surface area contributed by atoms with Gasteiger partial charge in [-0.2, -0.15) is 0 Å². The third-order valence-electron chi connectivity index (χ3n) is 4.10. The Kier molecular flexibility index (Phi) is 9.50. The second kappa shape index (κ2) is 10.8. The van der Waals surface area contributed by atoms with Gasteiger partial charge in [-0.1, -0.05) is 32.1 Å². The van der Waals surface area contributed by atoms with Gasteiger partial charge in [-0.25, -0.2) is 4.79 Å². The van der Waals surface area contributed by atoms with Gasteiger partial charge >= 0.3 is 5.97 Å². The van der Waals surface area contributed by atoms with Crippen LogP contribution < -0.4 is 0 Å². The fourth-order valence-corrected chi connectivity index (χ4v) is 2.67. The molecule has 1 rings (SSSR count). The first-order valence-corrected chi connectivity index (χ1v) is 9.14. The van der Waals surface area contributed by atoms with Gasteiger partial charge in [0.15, 0.2) is 5.79 Å². The lowest BCUT2D eigenvalue weighted by atomic mass is 9.85. The lowest BCUT2D eigenvalue weighted by molar-refractivity contribution is -0.170. The Labute approximate surface area is 157 Å². The van der Waals surface area contributed by atoms with Gasteiger partial charge in [0, 0.05) is 13.2 Å². The Morgan fingerprint density at radius 3 is 2.65 bits per heavy atom. The van der Waals surface area contributed by atoms with Crippen LogP contribution in [0.15, 0.2) is 24.3 Å². The molecule has 0 amide bonds. The molecular formula is C20H34O6. The zero-order chi connectivity index (χ0) is 19.6. The lowest BCUT2D eigenvalue weighted by Crippen LogP contribution is -2.34. The lowest BCUT2D eigenvalue weighted by Gasteiger charge is -2.27. The van der Waals surface area contributed by atoms with E-state index < -0.39 is 5.79 Å². The maximum Gasteiger partial charge on any atom is 0.330 e. The molecule has 0 saturated carbocycles. The monoisotopic (exact) mass is 370 g/mol. The van der Waals surface area contributed by atoms with Crippen molar-refractivity contribution in [3.8, 4) is 0 Å². The van der Waals surface area contributed by atoms with E-state index in [2.05, 4.69) is 19.9 Å². The van der Waals surface area contributed by atoms with Crippen LogP contribution in [0.25, 0.3) is 0 Å². The molecule has 150 valence electrons. The fraction of sp³-hybridized carbons (Fsp3) is 0.750. The van der Waals surface area contributed by atoms with Crippen LogP contribution in [-0.4, -0.2) is 51.1 Å². The zero-order valence-electron chi connectivity index (χ0n) is 16.9. The number of methoxy groups -OCH3 is 1. The van der Waals surface area contributed by atoms with Crippen LogP contribution in [-0.2, 0) is 28.5 Å². The number of carbonyl (C=O) groups is 1. The molecule has 0 aromatic carbocycles. The molecule has 0 unspecified atom stereocenters. The van der Waals surface area contributed by atoms with Crippen molar-refractivity contribution in [3.63, 3.8) is 0 Å². The summed E-state index contributed by atoms with van der Waals surface area (Å²) in [5.74, 6) is -0.906. The molecule has 0 bridgehead atoms. The number of ether oxygens (including phenoxy) is 5. The first-order chi connectivity index (χ1) is 12.2. The topological polar surface area (TPSA) is 63.2 Å². The summed E-state index contributed by atoms with van der Waals surface area (Å²) in [4.78, 5) is 11.3. The summed E-state index contributed by atoms with van der Waals surface area (Å²) in [6.45, 7) is 11.0. The minimum Gasteiger partial charge on any atom is -0.463 e. The number of hydrogen-bond donors (Lipinski definition) is 0. The van der Waals surface area contributed by atoms with Gasteiger partial charge in [-0.05, 0) is 39.0 Å². The van der Waals surface area contributed by atoms with E-state index >= 15 is 0 Å². The van der Waals surface area contributed by atoms with Crippen LogP contribution in [0.4, 0.5) is 0 Å². The molecule has 1 fully saturated rings. The van der Waals surface area contributed by atoms with Crippen LogP contribution in [0, 0.1) is 5.41 Å². The average molecular weight is 370 g/mol. The second-order valence-electron chi connectivity index (χ2n) is 7.48. The van der Waals surface area contributed by atoms with Crippen molar-refractivity contribution in [2.75, 3.05) is 27.1 Å². The van der Waals surface area contributed by atoms with E-state index in [0.717, 1.165) is 12.8 Å². The standard InChI is InChI=1S/C20H34O6/c1-7-23-18(21)10-8-9-12-19(2,3)13-11-16(24-15-22-6)17-14-25-20(4,5)26-17/h8-10,12,16-17H,7,11,13-15H2,1-6H3/b10-8+,12-9+/t16-,17+/m0/s1. The van der Waals surface area contributed by atoms with Crippen molar-refractivity contribution in [1.29, 1.82) is 0 Å². The molecule has 6 nitrogen and oxygen atoms in total. The molecule has 6 heteroatoms. The molecule has 26 heavy (non-hydrogen) atoms. The van der Waals surface area contributed by atoms with Crippen LogP contribution in [0.3, 0.4) is 0 Å². The van der Waals surface area contributed by atoms with Crippen molar-refractivity contribution < 1.29 is 28.5 Å². The van der Waals surface area contributed by atoms with E-state index in [1.54, 1.807) is 20.1 Å². The van der Waals surface area contributed by atoms with Crippen molar-refractivity contribution in [1.82, 2.24) is 0 Å². The predicted molar refractivity (Wildman–Crippen MR) is 99.6 cm³/mol. The van der Waals surface area contributed by atoms with Crippen LogP contribution in [0.1, 0.15) is 47.5 Å². The Hall–Kier alpha value is -1.21. The molecule has 1 heterocycles. The molecule has 1 saturated heterocycles. The van der Waals surface area contributed by atoms with Crippen molar-refractivity contribution in [2.45, 2.75) is 65.5 Å². The normalized spacial score (nSPS) is 21.5. The van der Waals surface area contributed by atoms with E-state index in [4.69, 9.17) is 23.7 Å². The first-order valence-electron chi connectivity index (χ1n) is 9.14. The highest BCUT2D eigenvalue weighted by atomic mass is 16.8. The van der Waals surface area contributed by atoms with Gasteiger partial charge in [0.25, 0.3) is 0 Å². The summed E-state index contributed by atoms with van der Waals surface area (Å²) in [7, 11) is 1.61. The maximum atomic E-state index is 11.3. The number of rotatable bonds is 11. The SMILES string of the molecule is CCOC(=O)/C=C/C=C/C(C)(C)CC[C@H](OCOC)[C@H]1COC(C)(C)O1. The number of hydrogen-bond acceptors (Lipinski definition) is 6. The molecule has 0 spiro atoms. The Bertz CT molecular complexity index is 481. The summed E-state index contributed by atoms with van der Waals surface area (Å²) >= 11 is 0. The zero-order valence-corrected chi connectivity index (χ0v) is 16.9. The van der Waals surface area contributed by atoms with Crippen molar-refractivity contribution in [3.05, 3.63) is 24.3 Å². The number of allylic oxidation sites excluding steroid dienone is 3. The van der Waals surface area contributed by atoms with Gasteiger partial charge in [0.1, 0.15) is 12.9 Å². The Balaban J connectivity index is 2.55. The number of esters is 1. The highest BCUT2D eigenvalue weighted by Gasteiger charge is 2.38. The number of carbonyl (C=O) groups excluding carboxylic acids is 1. The third kappa shape index (κ3) is 8.94. The minimum absolute atomic E-state index is 0.0529. The summed E-state index contributed by atoms with van der Waals surface area (Å²) in [6.07, 6.45) is 8.58. The molecule has 2 atom stereocenters. The molecule has 0 radical (unpaired) electrons. The highest BCUT2D eigenvalue weighted by molar-refractivity contribution is 5.82. The molecule has 1 aliphatic heterocycles. The first kappa shape index (κ1) is 22.8. The molecule has 1 aliphatic rings. The maximum absolute atomic E-state index is 11.3. The van der Waals surface area contributed by atoms with E-state index in [0.29, 0.717) is 13.2 Å². The quantitative estimate of drug-likeness (QED) is 0.240. The van der Waals surface area contributed by atoms with Gasteiger partial charge in [0.05, 0.1) is 19.3 Å². The van der Waals surface area contributed by atoms with E-state index in [9.17, 15) is 4.79 Å². The Morgan fingerprint density at radius 2 is 2.08 bits per heavy atom. The van der Waals surface area contributed by atoms with E-state index in [-0.39, 0.29) is 30.4 Å². The van der Waals surface area contributed by atoms with Crippen LogP contribution >= 0.6 is 0 Å². The summed E-state index contributed by atoms with van der Waals surface area (Å²) in [5, 5.41) is 0. The van der Waals surface area contributed by atoms with Crippen LogP contribution in [0.5, 0.6) is 0 Å². The van der Waals surface area contributed by atoms with Crippen molar-refractivity contribution in [2.24, 2.45) is 5.41 Å². The second-order valence-corrected chi connectivity index (χ2v) is 7.48. The molecule has 0 aromatic heterocycles. The largest absolute Gasteiger partial charge is 0.463 e. The smallest absolute Gasteiger partial charge is 0.330 e. The molecular weight excluding hydrogens is 336 g/mol. The minimum atomic E-state index is -0.577. The highest BCUT2D eigenvalue weighted by Crippen LogP contribution is 2.31. The van der Waals surface area contributed by atoms with Gasteiger partial charge < -0.3 is 23.7 Å². The van der Waals surface area contributed by atoms with Crippen molar-refractivity contribution >= 4 is 5.97 Å². The van der Waals surface area contributed by atoms with Gasteiger partial charge in [-0.3, -0.25) is 0 Å². The van der Waals surface area contributed by atoms with Crippen LogP contribution in [0.2, 0.25) is 0 Å². The summed E-state index contributed by atoms with van der Waals surface area (Å²) in [5.41, 5.74) is -0.0529. The van der Waals surface area contributed by atoms with Gasteiger partial charge in [0.2, 0.25) is 0 Å². The molecule has 0 aromatic rings. The Morgan fingerprint density at radius 1 is 1.35 bits per heavy atom.